The number of nitrogens with one attached hydrogen (secondary N) is 1. The number of benzene rings is 2. The third-order valence-electron chi connectivity index (χ3n) is 5.60. The summed E-state index contributed by atoms with van der Waals surface area (Å²) in [5, 5.41) is 3.17. The third kappa shape index (κ3) is 5.03. The van der Waals surface area contributed by atoms with Gasteiger partial charge in [-0.2, -0.15) is 0 Å². The maximum Gasteiger partial charge on any atom is 0.321 e. The molecule has 1 amide bonds. The van der Waals surface area contributed by atoms with Crippen molar-refractivity contribution in [2.24, 2.45) is 0 Å². The third-order valence-corrected chi connectivity index (χ3v) is 5.60. The van der Waals surface area contributed by atoms with Crippen LogP contribution in [-0.4, -0.2) is 21.9 Å². The quantitative estimate of drug-likeness (QED) is 0.557. The van der Waals surface area contributed by atoms with Crippen LogP contribution in [0, 0.1) is 6.92 Å². The Morgan fingerprint density at radius 1 is 0.933 bits per heavy atom. The van der Waals surface area contributed by atoms with E-state index in [9.17, 15) is 4.79 Å². The Labute approximate surface area is 177 Å². The molecule has 1 saturated carbocycles. The van der Waals surface area contributed by atoms with Crippen LogP contribution in [-0.2, 0) is 0 Å². The van der Waals surface area contributed by atoms with E-state index < -0.39 is 0 Å². The summed E-state index contributed by atoms with van der Waals surface area (Å²) in [6, 6.07) is 15.8. The predicted octanol–water partition coefficient (Wildman–Crippen LogP) is 5.70. The molecule has 1 fully saturated rings. The highest BCUT2D eigenvalue weighted by Gasteiger charge is 2.16. The van der Waals surface area contributed by atoms with Gasteiger partial charge in [-0.15, -0.1) is 0 Å². The molecule has 4 rings (SSSR count). The standard InChI is InChI=1S/C25H27N3O2/c1-18-8-6-7-11-23(18)20-16-26-25(27-17-20)30-22-14-12-19(13-15-22)24(29)28-21-9-4-2-3-5-10-21/h6-8,11-17,21H,2-5,9-10H2,1H3,(H,28,29). The van der Waals surface area contributed by atoms with E-state index in [4.69, 9.17) is 4.74 Å². The Morgan fingerprint density at radius 3 is 2.27 bits per heavy atom. The Kier molecular flexibility index (Phi) is 6.38. The molecule has 0 spiro atoms. The first-order valence-electron chi connectivity index (χ1n) is 10.7. The zero-order valence-electron chi connectivity index (χ0n) is 17.3. The number of hydrogen-bond donors (Lipinski definition) is 1. The molecule has 1 heterocycles. The highest BCUT2D eigenvalue weighted by molar-refractivity contribution is 5.94. The predicted molar refractivity (Wildman–Crippen MR) is 118 cm³/mol. The van der Waals surface area contributed by atoms with Crippen LogP contribution in [0.25, 0.3) is 11.1 Å². The summed E-state index contributed by atoms with van der Waals surface area (Å²) in [5.74, 6) is 0.581. The lowest BCUT2D eigenvalue weighted by Crippen LogP contribution is -2.34. The van der Waals surface area contributed by atoms with Crippen LogP contribution < -0.4 is 10.1 Å². The van der Waals surface area contributed by atoms with E-state index in [2.05, 4.69) is 28.3 Å². The van der Waals surface area contributed by atoms with E-state index in [1.807, 2.05) is 18.2 Å². The molecule has 30 heavy (non-hydrogen) atoms. The first-order valence-corrected chi connectivity index (χ1v) is 10.7. The Hall–Kier alpha value is -3.21. The Bertz CT molecular complexity index is 976. The van der Waals surface area contributed by atoms with Gasteiger partial charge in [0.2, 0.25) is 0 Å². The smallest absolute Gasteiger partial charge is 0.321 e. The first kappa shape index (κ1) is 20.1. The molecule has 5 heteroatoms. The molecule has 1 aromatic heterocycles. The molecule has 154 valence electrons. The molecule has 3 aromatic rings. The SMILES string of the molecule is Cc1ccccc1-c1cnc(Oc2ccc(C(=O)NC3CCCCCC3)cc2)nc1. The van der Waals surface area contributed by atoms with Crippen molar-refractivity contribution in [3.05, 3.63) is 72.1 Å². The molecule has 0 aliphatic heterocycles. The number of aryl methyl sites for hydroxylation is 1. The molecular formula is C25H27N3O2. The van der Waals surface area contributed by atoms with Crippen molar-refractivity contribution in [1.82, 2.24) is 15.3 Å². The van der Waals surface area contributed by atoms with Crippen molar-refractivity contribution >= 4 is 5.91 Å². The Morgan fingerprint density at radius 2 is 1.60 bits per heavy atom. The molecule has 0 radical (unpaired) electrons. The van der Waals surface area contributed by atoms with Crippen LogP contribution in [0.5, 0.6) is 11.8 Å². The number of ether oxygens (including phenoxy) is 1. The topological polar surface area (TPSA) is 64.1 Å². The average molecular weight is 402 g/mol. The van der Waals surface area contributed by atoms with Gasteiger partial charge in [-0.1, -0.05) is 49.9 Å². The fourth-order valence-electron chi connectivity index (χ4n) is 3.88. The van der Waals surface area contributed by atoms with Gasteiger partial charge in [0.05, 0.1) is 0 Å². The number of aromatic nitrogens is 2. The largest absolute Gasteiger partial charge is 0.424 e. The van der Waals surface area contributed by atoms with Crippen LogP contribution in [0.3, 0.4) is 0 Å². The zero-order valence-corrected chi connectivity index (χ0v) is 17.3. The van der Waals surface area contributed by atoms with Crippen molar-refractivity contribution in [2.45, 2.75) is 51.5 Å². The lowest BCUT2D eigenvalue weighted by atomic mass is 10.0. The highest BCUT2D eigenvalue weighted by atomic mass is 16.5. The fourth-order valence-corrected chi connectivity index (χ4v) is 3.88. The minimum absolute atomic E-state index is 0.0210. The van der Waals surface area contributed by atoms with Crippen LogP contribution in [0.4, 0.5) is 0 Å². The normalized spacial score (nSPS) is 14.7. The second kappa shape index (κ2) is 9.53. The molecule has 5 nitrogen and oxygen atoms in total. The molecule has 2 aromatic carbocycles. The summed E-state index contributed by atoms with van der Waals surface area (Å²) in [7, 11) is 0. The van der Waals surface area contributed by atoms with Gasteiger partial charge < -0.3 is 10.1 Å². The van der Waals surface area contributed by atoms with Gasteiger partial charge in [0.1, 0.15) is 5.75 Å². The van der Waals surface area contributed by atoms with Gasteiger partial charge in [-0.3, -0.25) is 4.79 Å². The van der Waals surface area contributed by atoms with Crippen molar-refractivity contribution in [3.63, 3.8) is 0 Å². The highest BCUT2D eigenvalue weighted by Crippen LogP contribution is 2.24. The van der Waals surface area contributed by atoms with E-state index >= 15 is 0 Å². The summed E-state index contributed by atoms with van der Waals surface area (Å²) >= 11 is 0. The molecule has 0 atom stereocenters. The van der Waals surface area contributed by atoms with E-state index in [1.54, 1.807) is 36.7 Å². The average Bonchev–Trinajstić information content (AvgIpc) is 3.04. The van der Waals surface area contributed by atoms with Gasteiger partial charge >= 0.3 is 6.01 Å². The number of amides is 1. The number of nitrogens with zero attached hydrogens (tertiary/aromatic N) is 2. The second-order valence-corrected chi connectivity index (χ2v) is 7.86. The number of carbonyl (C=O) groups excluding carboxylic acids is 1. The maximum absolute atomic E-state index is 12.5. The molecule has 1 N–H and O–H groups in total. The first-order chi connectivity index (χ1) is 14.7. The van der Waals surface area contributed by atoms with Crippen molar-refractivity contribution in [2.75, 3.05) is 0 Å². The number of carbonyl (C=O) groups is 1. The molecule has 1 aliphatic carbocycles. The summed E-state index contributed by atoms with van der Waals surface area (Å²) in [4.78, 5) is 21.2. The molecule has 1 aliphatic rings. The number of hydrogen-bond acceptors (Lipinski definition) is 4. The lowest BCUT2D eigenvalue weighted by Gasteiger charge is -2.16. The van der Waals surface area contributed by atoms with Crippen LogP contribution in [0.15, 0.2) is 60.9 Å². The van der Waals surface area contributed by atoms with Crippen molar-refractivity contribution in [3.8, 4) is 22.9 Å². The molecule has 0 bridgehead atoms. The van der Waals surface area contributed by atoms with E-state index in [-0.39, 0.29) is 18.0 Å². The van der Waals surface area contributed by atoms with Gasteiger partial charge in [-0.05, 0) is 55.2 Å². The van der Waals surface area contributed by atoms with Crippen molar-refractivity contribution < 1.29 is 9.53 Å². The maximum atomic E-state index is 12.5. The molecule has 0 saturated heterocycles. The summed E-state index contributed by atoms with van der Waals surface area (Å²) in [5.41, 5.74) is 3.87. The van der Waals surface area contributed by atoms with Crippen LogP contribution >= 0.6 is 0 Å². The zero-order chi connectivity index (χ0) is 20.8. The monoisotopic (exact) mass is 401 g/mol. The molecule has 0 unspecified atom stereocenters. The van der Waals surface area contributed by atoms with Gasteiger partial charge in [0.15, 0.2) is 0 Å². The minimum atomic E-state index is -0.0210. The fraction of sp³-hybridized carbons (Fsp3) is 0.320. The van der Waals surface area contributed by atoms with Crippen LogP contribution in [0.1, 0.15) is 54.4 Å². The van der Waals surface area contributed by atoms with E-state index in [1.165, 1.54) is 31.2 Å². The summed E-state index contributed by atoms with van der Waals surface area (Å²) < 4.78 is 5.75. The van der Waals surface area contributed by atoms with E-state index in [0.717, 1.165) is 24.0 Å². The lowest BCUT2D eigenvalue weighted by molar-refractivity contribution is 0.0933. The van der Waals surface area contributed by atoms with Gasteiger partial charge in [-0.25, -0.2) is 9.97 Å². The van der Waals surface area contributed by atoms with E-state index in [0.29, 0.717) is 11.3 Å². The summed E-state index contributed by atoms with van der Waals surface area (Å²) in [6.45, 7) is 2.06. The summed E-state index contributed by atoms with van der Waals surface area (Å²) in [6.07, 6.45) is 10.6. The minimum Gasteiger partial charge on any atom is -0.424 e. The number of rotatable bonds is 5. The Balaban J connectivity index is 1.37. The second-order valence-electron chi connectivity index (χ2n) is 7.86. The van der Waals surface area contributed by atoms with Crippen molar-refractivity contribution in [1.29, 1.82) is 0 Å². The van der Waals surface area contributed by atoms with Gasteiger partial charge in [0.25, 0.3) is 5.91 Å². The molecular weight excluding hydrogens is 374 g/mol. The van der Waals surface area contributed by atoms with Crippen LogP contribution in [0.2, 0.25) is 0 Å². The van der Waals surface area contributed by atoms with Gasteiger partial charge in [0, 0.05) is 29.6 Å².